The first-order valence-corrected chi connectivity index (χ1v) is 22.1. The number of rotatable bonds is 9. The number of hydrogen-bond acceptors (Lipinski definition) is 2. The van der Waals surface area contributed by atoms with Crippen LogP contribution in [0.2, 0.25) is 0 Å². The molecule has 2 aromatic heterocycles. The first kappa shape index (κ1) is 37.8. The number of para-hydroxylation sites is 1. The van der Waals surface area contributed by atoms with Gasteiger partial charge in [-0.1, -0.05) is 146 Å². The van der Waals surface area contributed by atoms with Crippen molar-refractivity contribution in [3.63, 3.8) is 0 Å². The molecule has 1 atom stereocenters. The second-order valence-corrected chi connectivity index (χ2v) is 16.6. The third-order valence-corrected chi connectivity index (χ3v) is 12.8. The Morgan fingerprint density at radius 1 is 0.597 bits per heavy atom. The summed E-state index contributed by atoms with van der Waals surface area (Å²) in [5, 5.41) is 6.19. The Morgan fingerprint density at radius 2 is 1.27 bits per heavy atom. The van der Waals surface area contributed by atoms with Crippen molar-refractivity contribution in [1.82, 2.24) is 14.5 Å². The van der Waals surface area contributed by atoms with Crippen LogP contribution in [0.4, 0.5) is 0 Å². The van der Waals surface area contributed by atoms with Gasteiger partial charge in [0.25, 0.3) is 0 Å². The average Bonchev–Trinajstić information content (AvgIpc) is 3.86. The van der Waals surface area contributed by atoms with Gasteiger partial charge in [0.1, 0.15) is 12.0 Å². The van der Waals surface area contributed by atoms with Gasteiger partial charge >= 0.3 is 0 Å². The Hall–Kier alpha value is -7.21. The molecule has 2 heterocycles. The van der Waals surface area contributed by atoms with E-state index in [2.05, 4.69) is 166 Å². The van der Waals surface area contributed by atoms with Crippen LogP contribution in [0.1, 0.15) is 71.1 Å². The van der Waals surface area contributed by atoms with Crippen LogP contribution in [0, 0.1) is 0 Å². The zero-order valence-corrected chi connectivity index (χ0v) is 34.8. The zero-order valence-electron chi connectivity index (χ0n) is 34.8. The lowest BCUT2D eigenvalue weighted by Gasteiger charge is -2.18. The quantitative estimate of drug-likeness (QED) is 0.0867. The largest absolute Gasteiger partial charge is 0.351 e. The average molecular weight is 804 g/mol. The lowest BCUT2D eigenvalue weighted by molar-refractivity contribution is 0.679. The van der Waals surface area contributed by atoms with Gasteiger partial charge in [-0.25, -0.2) is 0 Å². The number of aliphatic imine (C=N–C) groups is 1. The van der Waals surface area contributed by atoms with E-state index < -0.39 is 6.17 Å². The van der Waals surface area contributed by atoms with Gasteiger partial charge in [-0.3, -0.25) is 4.99 Å². The molecule has 62 heavy (non-hydrogen) atoms. The summed E-state index contributed by atoms with van der Waals surface area (Å²) in [5.74, 6) is 0.781. The first-order chi connectivity index (χ1) is 30.7. The fourth-order valence-electron chi connectivity index (χ4n) is 9.72. The lowest BCUT2D eigenvalue weighted by Crippen LogP contribution is -2.34. The molecule has 0 bridgehead atoms. The monoisotopic (exact) mass is 803 g/mol. The predicted molar refractivity (Wildman–Crippen MR) is 260 cm³/mol. The minimum Gasteiger partial charge on any atom is -0.351 e. The van der Waals surface area contributed by atoms with Gasteiger partial charge < -0.3 is 20.2 Å². The number of fused-ring (bicyclic) bond motifs is 6. The van der Waals surface area contributed by atoms with Crippen LogP contribution in [0.25, 0.3) is 67.6 Å². The zero-order chi connectivity index (χ0) is 41.4. The fourth-order valence-corrected chi connectivity index (χ4v) is 9.72. The lowest BCUT2D eigenvalue weighted by atomic mass is 9.97. The van der Waals surface area contributed by atoms with E-state index in [9.17, 15) is 0 Å². The highest BCUT2D eigenvalue weighted by atomic mass is 15.1. The molecule has 0 radical (unpaired) electrons. The van der Waals surface area contributed by atoms with Crippen molar-refractivity contribution in [2.24, 2.45) is 10.7 Å². The number of hydrogen-bond donors (Lipinski definition) is 2. The van der Waals surface area contributed by atoms with E-state index in [0.29, 0.717) is 6.54 Å². The van der Waals surface area contributed by atoms with Gasteiger partial charge in [-0.2, -0.15) is 0 Å². The molecule has 0 saturated carbocycles. The van der Waals surface area contributed by atoms with E-state index >= 15 is 0 Å². The number of allylic oxidation sites excluding steroid dienone is 6. The number of amidine groups is 1. The SMILES string of the molecule is NC(N/C(=N\Cc1ccccc1)c1ccccc1)c1ccc(-c2ccc3c(c2)c2c(n3-c3ccc(-c4cccc5c6c(n(C7=CCCC=C7)c45)C=CCC6)cc3)C=CCC2)cc1. The van der Waals surface area contributed by atoms with Crippen molar-refractivity contribution >= 4 is 45.5 Å². The Balaban J connectivity index is 0.897. The molecule has 5 heteroatoms. The highest BCUT2D eigenvalue weighted by molar-refractivity contribution is 6.02. The molecule has 5 nitrogen and oxygen atoms in total. The van der Waals surface area contributed by atoms with Crippen molar-refractivity contribution in [2.75, 3.05) is 0 Å². The molecule has 1 unspecified atom stereocenters. The standard InChI is InChI=1S/C57H49N5/c58-56(60-57(43-17-6-2-7-18-43)59-38-39-15-4-1-5-16-39)42-29-27-40(28-30-42)44-33-36-54-51(37-44)49-22-11-12-25-52(49)61(54)46-34-31-41(32-35-46)47-23-14-24-50-48-21-10-13-26-53(48)62(55(47)50)45-19-8-3-9-20-45/h1-2,4-8,12-20,23-37,56H,3,9-11,21-22,38,58H2,(H,59,60). The summed E-state index contributed by atoms with van der Waals surface area (Å²) in [6.07, 6.45) is 22.3. The van der Waals surface area contributed by atoms with Crippen LogP contribution in [-0.2, 0) is 19.4 Å². The summed E-state index contributed by atoms with van der Waals surface area (Å²) < 4.78 is 4.97. The van der Waals surface area contributed by atoms with Gasteiger partial charge in [-0.05, 0) is 120 Å². The Bertz CT molecular complexity index is 3100. The maximum Gasteiger partial charge on any atom is 0.130 e. The minimum absolute atomic E-state index is 0.423. The Morgan fingerprint density at radius 3 is 2.02 bits per heavy atom. The van der Waals surface area contributed by atoms with Crippen molar-refractivity contribution in [3.8, 4) is 27.9 Å². The summed E-state index contributed by atoms with van der Waals surface area (Å²) in [7, 11) is 0. The predicted octanol–water partition coefficient (Wildman–Crippen LogP) is 13.2. The summed E-state index contributed by atoms with van der Waals surface area (Å²) in [6, 6.07) is 52.2. The van der Waals surface area contributed by atoms with E-state index in [0.717, 1.165) is 66.6 Å². The molecular formula is C57H49N5. The highest BCUT2D eigenvalue weighted by Gasteiger charge is 2.23. The van der Waals surface area contributed by atoms with Crippen molar-refractivity contribution in [2.45, 2.75) is 51.2 Å². The molecule has 302 valence electrons. The first-order valence-electron chi connectivity index (χ1n) is 22.1. The smallest absolute Gasteiger partial charge is 0.130 e. The number of benzene rings is 6. The van der Waals surface area contributed by atoms with E-state index in [1.807, 2.05) is 36.4 Å². The number of aryl methyl sites for hydroxylation is 2. The molecular weight excluding hydrogens is 755 g/mol. The topological polar surface area (TPSA) is 60.3 Å². The van der Waals surface area contributed by atoms with Crippen LogP contribution in [0.3, 0.4) is 0 Å². The van der Waals surface area contributed by atoms with E-state index in [4.69, 9.17) is 10.7 Å². The van der Waals surface area contributed by atoms with Crippen LogP contribution in [0.15, 0.2) is 181 Å². The van der Waals surface area contributed by atoms with Gasteiger partial charge in [0.05, 0.1) is 17.6 Å². The second kappa shape index (κ2) is 16.3. The normalized spacial score (nSPS) is 15.1. The number of aromatic nitrogens is 2. The molecule has 0 saturated heterocycles. The molecule has 8 aromatic rings. The fraction of sp³-hybridized carbons (Fsp3) is 0.140. The van der Waals surface area contributed by atoms with Gasteiger partial charge in [0.2, 0.25) is 0 Å². The van der Waals surface area contributed by atoms with Gasteiger partial charge in [0, 0.05) is 44.7 Å². The number of nitrogens with zero attached hydrogens (tertiary/aromatic N) is 3. The van der Waals surface area contributed by atoms with Crippen LogP contribution in [-0.4, -0.2) is 15.0 Å². The van der Waals surface area contributed by atoms with Crippen LogP contribution >= 0.6 is 0 Å². The van der Waals surface area contributed by atoms with Crippen molar-refractivity contribution in [1.29, 1.82) is 0 Å². The molecule has 0 fully saturated rings. The van der Waals surface area contributed by atoms with Crippen LogP contribution in [0.5, 0.6) is 0 Å². The molecule has 3 aliphatic rings. The van der Waals surface area contributed by atoms with E-state index in [1.165, 1.54) is 72.4 Å². The second-order valence-electron chi connectivity index (χ2n) is 16.6. The summed E-state index contributed by atoms with van der Waals surface area (Å²) in [4.78, 5) is 4.95. The van der Waals surface area contributed by atoms with E-state index in [-0.39, 0.29) is 0 Å². The van der Waals surface area contributed by atoms with Crippen LogP contribution < -0.4 is 11.1 Å². The summed E-state index contributed by atoms with van der Waals surface area (Å²) >= 11 is 0. The maximum atomic E-state index is 6.82. The maximum absolute atomic E-state index is 6.82. The van der Waals surface area contributed by atoms with Gasteiger partial charge in [-0.15, -0.1) is 0 Å². The third-order valence-electron chi connectivity index (χ3n) is 12.8. The minimum atomic E-state index is -0.423. The molecule has 0 amide bonds. The highest BCUT2D eigenvalue weighted by Crippen LogP contribution is 2.41. The van der Waals surface area contributed by atoms with Crippen molar-refractivity contribution in [3.05, 3.63) is 215 Å². The van der Waals surface area contributed by atoms with Crippen molar-refractivity contribution < 1.29 is 0 Å². The Kier molecular flexibility index (Phi) is 9.95. The molecule has 3 aliphatic carbocycles. The molecule has 3 N–H and O–H groups in total. The number of nitrogens with two attached hydrogens (primary N) is 1. The molecule has 6 aromatic carbocycles. The molecule has 0 aliphatic heterocycles. The summed E-state index contributed by atoms with van der Waals surface area (Å²) in [5.41, 5.74) is 25.3. The Labute approximate surface area is 363 Å². The third kappa shape index (κ3) is 6.94. The summed E-state index contributed by atoms with van der Waals surface area (Å²) in [6.45, 7) is 0.571. The van der Waals surface area contributed by atoms with Gasteiger partial charge in [0.15, 0.2) is 0 Å². The van der Waals surface area contributed by atoms with E-state index in [1.54, 1.807) is 0 Å². The molecule has 0 spiro atoms. The number of nitrogens with one attached hydrogen (secondary N) is 1. The molecule has 11 rings (SSSR count).